The number of carbonyl (C=O) groups is 1. The molecule has 2 aromatic carbocycles. The highest BCUT2D eigenvalue weighted by Gasteiger charge is 2.27. The molecular formula is C22H23FN2O. The number of para-hydroxylation sites is 1. The first-order valence-corrected chi connectivity index (χ1v) is 9.29. The number of hydrogen-bond donors (Lipinski definition) is 2. The highest BCUT2D eigenvalue weighted by Crippen LogP contribution is 2.35. The number of amides is 1. The maximum atomic E-state index is 13.9. The second-order valence-electron chi connectivity index (χ2n) is 7.09. The quantitative estimate of drug-likeness (QED) is 0.667. The van der Waals surface area contributed by atoms with E-state index in [0.29, 0.717) is 12.5 Å². The Labute approximate surface area is 152 Å². The molecule has 1 heterocycles. The molecule has 0 radical (unpaired) electrons. The van der Waals surface area contributed by atoms with Crippen LogP contribution in [0.2, 0.25) is 0 Å². The topological polar surface area (TPSA) is 44.9 Å². The Kier molecular flexibility index (Phi) is 4.49. The van der Waals surface area contributed by atoms with Gasteiger partial charge in [-0.05, 0) is 48.1 Å². The lowest BCUT2D eigenvalue weighted by Crippen LogP contribution is -2.27. The molecule has 1 fully saturated rings. The Balaban J connectivity index is 1.75. The third-order valence-corrected chi connectivity index (χ3v) is 5.17. The van der Waals surface area contributed by atoms with Crippen LogP contribution in [0.3, 0.4) is 0 Å². The smallest absolute Gasteiger partial charge is 0.221 e. The lowest BCUT2D eigenvalue weighted by Gasteiger charge is -2.17. The highest BCUT2D eigenvalue weighted by molar-refractivity contribution is 5.88. The fourth-order valence-electron chi connectivity index (χ4n) is 3.65. The van der Waals surface area contributed by atoms with Crippen molar-refractivity contribution in [2.45, 2.75) is 44.6 Å². The van der Waals surface area contributed by atoms with E-state index in [1.807, 2.05) is 18.3 Å². The number of aryl methyl sites for hydroxylation is 1. The van der Waals surface area contributed by atoms with E-state index in [4.69, 9.17) is 0 Å². The number of nitrogens with one attached hydrogen (secondary N) is 2. The van der Waals surface area contributed by atoms with Gasteiger partial charge in [0.25, 0.3) is 0 Å². The largest absolute Gasteiger partial charge is 0.361 e. The van der Waals surface area contributed by atoms with Crippen LogP contribution in [0.4, 0.5) is 4.39 Å². The Hall–Kier alpha value is -2.62. The molecule has 0 spiro atoms. The summed E-state index contributed by atoms with van der Waals surface area (Å²) in [5.41, 5.74) is 4.23. The molecule has 1 saturated carbocycles. The molecule has 26 heavy (non-hydrogen) atoms. The van der Waals surface area contributed by atoms with Gasteiger partial charge in [-0.25, -0.2) is 4.39 Å². The van der Waals surface area contributed by atoms with E-state index in [-0.39, 0.29) is 17.6 Å². The monoisotopic (exact) mass is 350 g/mol. The molecule has 0 bridgehead atoms. The van der Waals surface area contributed by atoms with E-state index in [1.54, 1.807) is 6.07 Å². The van der Waals surface area contributed by atoms with Gasteiger partial charge in [0.2, 0.25) is 5.91 Å². The van der Waals surface area contributed by atoms with Crippen molar-refractivity contribution in [2.24, 2.45) is 0 Å². The number of carbonyl (C=O) groups excluding carboxylic acids is 1. The Morgan fingerprint density at radius 1 is 1.27 bits per heavy atom. The predicted molar refractivity (Wildman–Crippen MR) is 102 cm³/mol. The fourth-order valence-corrected chi connectivity index (χ4v) is 3.65. The maximum absolute atomic E-state index is 13.9. The first kappa shape index (κ1) is 16.8. The summed E-state index contributed by atoms with van der Waals surface area (Å²) in [5.74, 6) is -0.419. The zero-order chi connectivity index (χ0) is 18.1. The minimum absolute atomic E-state index is 0.0303. The fraction of sp³-hybridized carbons (Fsp3) is 0.318. The van der Waals surface area contributed by atoms with E-state index < -0.39 is 0 Å². The molecule has 4 heteroatoms. The molecule has 3 aromatic rings. The number of halogens is 1. The number of benzene rings is 2. The second kappa shape index (κ2) is 6.94. The predicted octanol–water partition coefficient (Wildman–Crippen LogP) is 4.67. The van der Waals surface area contributed by atoms with Crippen LogP contribution >= 0.6 is 0 Å². The van der Waals surface area contributed by atoms with Crippen molar-refractivity contribution in [3.8, 4) is 0 Å². The number of aromatic nitrogens is 1. The van der Waals surface area contributed by atoms with Crippen LogP contribution in [-0.2, 0) is 11.2 Å². The van der Waals surface area contributed by atoms with Gasteiger partial charge in [-0.3, -0.25) is 4.79 Å². The summed E-state index contributed by atoms with van der Waals surface area (Å²) < 4.78 is 13.9. The first-order valence-electron chi connectivity index (χ1n) is 9.29. The van der Waals surface area contributed by atoms with Crippen molar-refractivity contribution in [3.63, 3.8) is 0 Å². The van der Waals surface area contributed by atoms with Crippen molar-refractivity contribution in [3.05, 3.63) is 71.2 Å². The molecule has 1 aliphatic carbocycles. The second-order valence-corrected chi connectivity index (χ2v) is 7.09. The van der Waals surface area contributed by atoms with Gasteiger partial charge >= 0.3 is 0 Å². The maximum Gasteiger partial charge on any atom is 0.221 e. The van der Waals surface area contributed by atoms with E-state index in [2.05, 4.69) is 29.4 Å². The van der Waals surface area contributed by atoms with Crippen molar-refractivity contribution >= 4 is 16.8 Å². The van der Waals surface area contributed by atoms with Crippen LogP contribution in [0.5, 0.6) is 0 Å². The minimum Gasteiger partial charge on any atom is -0.361 e. The summed E-state index contributed by atoms with van der Waals surface area (Å²) >= 11 is 0. The molecule has 134 valence electrons. The summed E-state index contributed by atoms with van der Waals surface area (Å²) in [5, 5.41) is 4.17. The molecule has 0 unspecified atom stereocenters. The molecule has 1 atom stereocenters. The standard InChI is InChI=1S/C22H23FN2O/c1-2-14-5-4-8-18-20(13-24-22(14)18)19(12-21(26)25-17-9-10-17)15-6-3-7-16(23)11-15/h3-8,11,13,17,19,24H,2,9-10,12H2,1H3,(H,25,26)/t19-/m1/s1. The average molecular weight is 350 g/mol. The number of rotatable bonds is 6. The van der Waals surface area contributed by atoms with Gasteiger partial charge in [-0.1, -0.05) is 37.3 Å². The van der Waals surface area contributed by atoms with Gasteiger partial charge in [-0.2, -0.15) is 0 Å². The summed E-state index contributed by atoms with van der Waals surface area (Å²) in [4.78, 5) is 15.9. The molecule has 0 aliphatic heterocycles. The van der Waals surface area contributed by atoms with Gasteiger partial charge in [0, 0.05) is 35.5 Å². The SMILES string of the molecule is CCc1cccc2c([C@H](CC(=O)NC3CC3)c3cccc(F)c3)c[nH]c12. The van der Waals surface area contributed by atoms with E-state index in [1.165, 1.54) is 17.7 Å². The normalized spacial score (nSPS) is 15.2. The number of fused-ring (bicyclic) bond motifs is 1. The highest BCUT2D eigenvalue weighted by atomic mass is 19.1. The number of hydrogen-bond acceptors (Lipinski definition) is 1. The van der Waals surface area contributed by atoms with Gasteiger partial charge < -0.3 is 10.3 Å². The van der Waals surface area contributed by atoms with Crippen LogP contribution in [-0.4, -0.2) is 16.9 Å². The summed E-state index contributed by atoms with van der Waals surface area (Å²) in [6.07, 6.45) is 5.35. The van der Waals surface area contributed by atoms with E-state index >= 15 is 0 Å². The Morgan fingerprint density at radius 3 is 2.81 bits per heavy atom. The lowest BCUT2D eigenvalue weighted by atomic mass is 9.87. The summed E-state index contributed by atoms with van der Waals surface area (Å²) in [6.45, 7) is 2.13. The third-order valence-electron chi connectivity index (χ3n) is 5.17. The van der Waals surface area contributed by atoms with Crippen LogP contribution < -0.4 is 5.32 Å². The Bertz CT molecular complexity index is 942. The molecule has 3 nitrogen and oxygen atoms in total. The van der Waals surface area contributed by atoms with Gasteiger partial charge in [-0.15, -0.1) is 0 Å². The van der Waals surface area contributed by atoms with Crippen LogP contribution in [0.15, 0.2) is 48.7 Å². The number of H-pyrrole nitrogens is 1. The molecule has 1 amide bonds. The molecule has 4 rings (SSSR count). The van der Waals surface area contributed by atoms with Crippen molar-refractivity contribution in [1.82, 2.24) is 10.3 Å². The van der Waals surface area contributed by atoms with Gasteiger partial charge in [0.05, 0.1) is 0 Å². The van der Waals surface area contributed by atoms with Crippen molar-refractivity contribution in [2.75, 3.05) is 0 Å². The zero-order valence-electron chi connectivity index (χ0n) is 14.9. The molecule has 2 N–H and O–H groups in total. The van der Waals surface area contributed by atoms with Gasteiger partial charge in [0.15, 0.2) is 0 Å². The third kappa shape index (κ3) is 3.36. The van der Waals surface area contributed by atoms with Crippen molar-refractivity contribution in [1.29, 1.82) is 0 Å². The van der Waals surface area contributed by atoms with Gasteiger partial charge in [0.1, 0.15) is 5.82 Å². The van der Waals surface area contributed by atoms with Crippen LogP contribution in [0, 0.1) is 5.82 Å². The van der Waals surface area contributed by atoms with Crippen LogP contribution in [0.1, 0.15) is 48.8 Å². The number of aromatic amines is 1. The van der Waals surface area contributed by atoms with E-state index in [9.17, 15) is 9.18 Å². The average Bonchev–Trinajstić information content (AvgIpc) is 3.35. The van der Waals surface area contributed by atoms with E-state index in [0.717, 1.165) is 41.3 Å². The lowest BCUT2D eigenvalue weighted by molar-refractivity contribution is -0.121. The minimum atomic E-state index is -0.274. The molecule has 0 saturated heterocycles. The van der Waals surface area contributed by atoms with Crippen molar-refractivity contribution < 1.29 is 9.18 Å². The molecular weight excluding hydrogens is 327 g/mol. The first-order chi connectivity index (χ1) is 12.7. The summed E-state index contributed by atoms with van der Waals surface area (Å²) in [6, 6.07) is 13.2. The summed E-state index contributed by atoms with van der Waals surface area (Å²) in [7, 11) is 0. The Morgan fingerprint density at radius 2 is 2.08 bits per heavy atom. The molecule has 1 aliphatic rings. The molecule has 1 aromatic heterocycles. The van der Waals surface area contributed by atoms with Crippen LogP contribution in [0.25, 0.3) is 10.9 Å². The zero-order valence-corrected chi connectivity index (χ0v) is 14.9.